The van der Waals surface area contributed by atoms with Crippen molar-refractivity contribution in [2.24, 2.45) is 5.92 Å². The molecule has 192 valence electrons. The van der Waals surface area contributed by atoms with Gasteiger partial charge >= 0.3 is 0 Å². The lowest BCUT2D eigenvalue weighted by Gasteiger charge is -2.24. The van der Waals surface area contributed by atoms with Crippen LogP contribution in [0.5, 0.6) is 5.75 Å². The molecule has 2 amide bonds. The Bertz CT molecular complexity index is 1160. The predicted molar refractivity (Wildman–Crippen MR) is 145 cm³/mol. The predicted octanol–water partition coefficient (Wildman–Crippen LogP) is 5.52. The molecule has 0 spiro atoms. The van der Waals surface area contributed by atoms with Crippen molar-refractivity contribution < 1.29 is 14.3 Å². The average molecular weight is 511 g/mol. The number of halogens is 1. The zero-order valence-corrected chi connectivity index (χ0v) is 21.5. The number of amides is 2. The topological polar surface area (TPSA) is 95.2 Å². The summed E-state index contributed by atoms with van der Waals surface area (Å²) in [6.45, 7) is 1.02. The van der Waals surface area contributed by atoms with E-state index in [1.807, 2.05) is 36.4 Å². The number of H-pyrrole nitrogens is 1. The van der Waals surface area contributed by atoms with Gasteiger partial charge in [-0.3, -0.25) is 9.59 Å². The number of benzene rings is 2. The average Bonchev–Trinajstić information content (AvgIpc) is 3.33. The number of carbonyl (C=O) groups excluding carboxylic acids is 2. The fraction of sp³-hybridized carbons (Fsp3) is 0.429. The quantitative estimate of drug-likeness (QED) is 0.255. The van der Waals surface area contributed by atoms with Gasteiger partial charge < -0.3 is 25.7 Å². The molecule has 1 heterocycles. The lowest BCUT2D eigenvalue weighted by Crippen LogP contribution is -2.48. The van der Waals surface area contributed by atoms with Crippen molar-refractivity contribution in [2.45, 2.75) is 51.0 Å². The molecule has 1 aliphatic carbocycles. The van der Waals surface area contributed by atoms with Gasteiger partial charge in [0.25, 0.3) is 5.91 Å². The number of aromatic amines is 1. The van der Waals surface area contributed by atoms with Gasteiger partial charge in [0, 0.05) is 34.7 Å². The molecule has 36 heavy (non-hydrogen) atoms. The van der Waals surface area contributed by atoms with Crippen LogP contribution in [0, 0.1) is 5.92 Å². The number of hydrogen-bond donors (Lipinski definition) is 4. The smallest absolute Gasteiger partial charge is 0.268 e. The molecule has 1 atom stereocenters. The third-order valence-corrected chi connectivity index (χ3v) is 7.12. The molecule has 1 fully saturated rings. The number of nitrogens with one attached hydrogen (secondary N) is 4. The highest BCUT2D eigenvalue weighted by atomic mass is 35.5. The molecule has 0 unspecified atom stereocenters. The third-order valence-electron chi connectivity index (χ3n) is 6.88. The van der Waals surface area contributed by atoms with E-state index in [2.05, 4.69) is 20.9 Å². The number of rotatable bonds is 11. The van der Waals surface area contributed by atoms with Crippen molar-refractivity contribution in [2.75, 3.05) is 25.5 Å². The molecule has 7 nitrogen and oxygen atoms in total. The molecule has 1 saturated carbocycles. The number of fused-ring (bicyclic) bond motifs is 1. The molecule has 1 aromatic heterocycles. The summed E-state index contributed by atoms with van der Waals surface area (Å²) in [5.74, 6) is 0.971. The lowest BCUT2D eigenvalue weighted by atomic mass is 9.85. The van der Waals surface area contributed by atoms with E-state index in [9.17, 15) is 9.59 Å². The van der Waals surface area contributed by atoms with Gasteiger partial charge in [0.15, 0.2) is 0 Å². The highest BCUT2D eigenvalue weighted by molar-refractivity contribution is 6.31. The molecule has 3 aromatic rings. The first-order valence-electron chi connectivity index (χ1n) is 12.8. The second-order valence-corrected chi connectivity index (χ2v) is 9.90. The van der Waals surface area contributed by atoms with Crippen molar-refractivity contribution >= 4 is 40.0 Å². The Morgan fingerprint density at radius 2 is 1.83 bits per heavy atom. The Morgan fingerprint density at radius 3 is 2.58 bits per heavy atom. The Labute approximate surface area is 217 Å². The molecule has 8 heteroatoms. The summed E-state index contributed by atoms with van der Waals surface area (Å²) in [5, 5.41) is 10.7. The number of methoxy groups -OCH3 is 1. The number of ether oxygens (including phenoxy) is 1. The van der Waals surface area contributed by atoms with E-state index in [1.54, 1.807) is 19.2 Å². The minimum absolute atomic E-state index is 0.158. The van der Waals surface area contributed by atoms with E-state index in [-0.39, 0.29) is 11.8 Å². The van der Waals surface area contributed by atoms with Crippen molar-refractivity contribution in [1.29, 1.82) is 0 Å². The Morgan fingerprint density at radius 1 is 1.06 bits per heavy atom. The highest BCUT2D eigenvalue weighted by Crippen LogP contribution is 2.28. The molecule has 4 rings (SSSR count). The van der Waals surface area contributed by atoms with Gasteiger partial charge in [-0.25, -0.2) is 0 Å². The number of carbonyl (C=O) groups is 2. The molecule has 0 saturated heterocycles. The van der Waals surface area contributed by atoms with E-state index in [0.29, 0.717) is 36.1 Å². The van der Waals surface area contributed by atoms with Gasteiger partial charge in [0.2, 0.25) is 5.91 Å². The van der Waals surface area contributed by atoms with Crippen LogP contribution >= 0.6 is 11.6 Å². The minimum Gasteiger partial charge on any atom is -0.497 e. The molecular formula is C28H35ClN4O3. The summed E-state index contributed by atoms with van der Waals surface area (Å²) in [6, 6.07) is 14.3. The van der Waals surface area contributed by atoms with E-state index in [0.717, 1.165) is 28.8 Å². The largest absolute Gasteiger partial charge is 0.497 e. The van der Waals surface area contributed by atoms with Crippen molar-refractivity contribution in [3.63, 3.8) is 0 Å². The van der Waals surface area contributed by atoms with Gasteiger partial charge in [-0.05, 0) is 67.3 Å². The first-order valence-corrected chi connectivity index (χ1v) is 13.1. The van der Waals surface area contributed by atoms with Crippen LogP contribution in [0.3, 0.4) is 0 Å². The lowest BCUT2D eigenvalue weighted by molar-refractivity contribution is -0.123. The van der Waals surface area contributed by atoms with Gasteiger partial charge in [0.05, 0.1) is 7.11 Å². The van der Waals surface area contributed by atoms with E-state index in [4.69, 9.17) is 16.3 Å². The third kappa shape index (κ3) is 7.17. The molecule has 0 bridgehead atoms. The molecule has 0 aliphatic heterocycles. The summed E-state index contributed by atoms with van der Waals surface area (Å²) in [4.78, 5) is 29.3. The molecule has 2 aromatic carbocycles. The van der Waals surface area contributed by atoms with Crippen LogP contribution in [0.2, 0.25) is 5.02 Å². The van der Waals surface area contributed by atoms with Crippen LogP contribution in [0.1, 0.15) is 55.4 Å². The normalized spacial score (nSPS) is 14.8. The van der Waals surface area contributed by atoms with Gasteiger partial charge in [-0.2, -0.15) is 0 Å². The second-order valence-electron chi connectivity index (χ2n) is 9.47. The van der Waals surface area contributed by atoms with Crippen molar-refractivity contribution in [1.82, 2.24) is 15.6 Å². The standard InChI is InChI=1S/C28H35ClN4O3/c1-36-23-11-9-22(10-12-23)30-15-16-31-27(34)25(13-7-19-5-3-2-4-6-19)33-28(35)26-18-20-17-21(29)8-14-24(20)32-26/h8-12,14,17-19,25,30,32H,2-7,13,15-16H2,1H3,(H,31,34)(H,33,35)/t25-/m0/s1. The van der Waals surface area contributed by atoms with Crippen LogP contribution in [0.15, 0.2) is 48.5 Å². The van der Waals surface area contributed by atoms with Crippen LogP contribution in [-0.2, 0) is 4.79 Å². The SMILES string of the molecule is COc1ccc(NCCNC(=O)[C@H](CCC2CCCCC2)NC(=O)c2cc3cc(Cl)ccc3[nH]2)cc1. The first-order chi connectivity index (χ1) is 17.5. The molecule has 4 N–H and O–H groups in total. The highest BCUT2D eigenvalue weighted by Gasteiger charge is 2.24. The molecule has 1 aliphatic rings. The van der Waals surface area contributed by atoms with Crippen LogP contribution in [0.25, 0.3) is 10.9 Å². The van der Waals surface area contributed by atoms with E-state index >= 15 is 0 Å². The van der Waals surface area contributed by atoms with Crippen LogP contribution < -0.4 is 20.7 Å². The monoisotopic (exact) mass is 510 g/mol. The Balaban J connectivity index is 1.34. The fourth-order valence-corrected chi connectivity index (χ4v) is 5.01. The van der Waals surface area contributed by atoms with E-state index in [1.165, 1.54) is 32.1 Å². The fourth-order valence-electron chi connectivity index (χ4n) is 4.83. The second kappa shape index (κ2) is 12.7. The van der Waals surface area contributed by atoms with Crippen molar-refractivity contribution in [3.05, 3.63) is 59.2 Å². The minimum atomic E-state index is -0.588. The summed E-state index contributed by atoms with van der Waals surface area (Å²) in [6.07, 6.45) is 7.77. The Kier molecular flexibility index (Phi) is 9.11. The maximum Gasteiger partial charge on any atom is 0.268 e. The van der Waals surface area contributed by atoms with Crippen molar-refractivity contribution in [3.8, 4) is 5.75 Å². The number of aromatic nitrogens is 1. The zero-order valence-electron chi connectivity index (χ0n) is 20.7. The van der Waals surface area contributed by atoms with Gasteiger partial charge in [-0.15, -0.1) is 0 Å². The number of anilines is 1. The van der Waals surface area contributed by atoms with Gasteiger partial charge in [-0.1, -0.05) is 43.7 Å². The van der Waals surface area contributed by atoms with E-state index < -0.39 is 6.04 Å². The summed E-state index contributed by atoms with van der Waals surface area (Å²) in [5.41, 5.74) is 2.20. The maximum absolute atomic E-state index is 13.1. The molecular weight excluding hydrogens is 476 g/mol. The summed E-state index contributed by atoms with van der Waals surface area (Å²) < 4.78 is 5.18. The van der Waals surface area contributed by atoms with Crippen LogP contribution in [-0.4, -0.2) is 43.0 Å². The number of hydrogen-bond acceptors (Lipinski definition) is 4. The Hall–Kier alpha value is -3.19. The van der Waals surface area contributed by atoms with Crippen LogP contribution in [0.4, 0.5) is 5.69 Å². The summed E-state index contributed by atoms with van der Waals surface area (Å²) >= 11 is 6.08. The molecule has 0 radical (unpaired) electrons. The zero-order chi connectivity index (χ0) is 25.3. The van der Waals surface area contributed by atoms with Gasteiger partial charge in [0.1, 0.15) is 17.5 Å². The summed E-state index contributed by atoms with van der Waals surface area (Å²) in [7, 11) is 1.63. The first kappa shape index (κ1) is 25.9. The maximum atomic E-state index is 13.1.